The lowest BCUT2D eigenvalue weighted by atomic mass is 10.2. The van der Waals surface area contributed by atoms with E-state index in [4.69, 9.17) is 4.74 Å². The Morgan fingerprint density at radius 2 is 2.12 bits per heavy atom. The summed E-state index contributed by atoms with van der Waals surface area (Å²) in [7, 11) is 0. The van der Waals surface area contributed by atoms with Gasteiger partial charge in [0, 0.05) is 0 Å². The summed E-state index contributed by atoms with van der Waals surface area (Å²) in [5, 5.41) is 7.58. The van der Waals surface area contributed by atoms with Crippen LogP contribution < -0.4 is 5.56 Å². The highest BCUT2D eigenvalue weighted by molar-refractivity contribution is 6.00. The molecule has 0 aliphatic rings. The number of ketones is 1. The number of hydrogen-bond donors (Lipinski definition) is 0. The zero-order valence-corrected chi connectivity index (χ0v) is 13.9. The SMILES string of the molecule is CCOC(=O)[C@@H](C(C)=O)n1cnc2c(nnn2-c2cccc(F)c2)c1=O. The zero-order valence-electron chi connectivity index (χ0n) is 13.9. The molecule has 10 heteroatoms. The molecule has 26 heavy (non-hydrogen) atoms. The van der Waals surface area contributed by atoms with Gasteiger partial charge in [-0.3, -0.25) is 14.2 Å². The maximum atomic E-state index is 13.4. The highest BCUT2D eigenvalue weighted by Gasteiger charge is 2.29. The molecule has 9 nitrogen and oxygen atoms in total. The first kappa shape index (κ1) is 17.4. The van der Waals surface area contributed by atoms with Crippen LogP contribution in [0.4, 0.5) is 4.39 Å². The van der Waals surface area contributed by atoms with Crippen LogP contribution in [-0.2, 0) is 14.3 Å². The standard InChI is InChI=1S/C16H14FN5O4/c1-3-26-16(25)13(9(2)23)21-8-18-14-12(15(21)24)19-20-22(14)11-6-4-5-10(17)7-11/h4-8,13H,3H2,1-2H3/t13-/m1/s1. The number of esters is 1. The second kappa shape index (κ2) is 6.82. The third kappa shape index (κ3) is 2.96. The number of nitrogens with zero attached hydrogens (tertiary/aromatic N) is 5. The normalized spacial score (nSPS) is 12.1. The van der Waals surface area contributed by atoms with E-state index < -0.39 is 29.2 Å². The zero-order chi connectivity index (χ0) is 18.8. The molecule has 0 spiro atoms. The van der Waals surface area contributed by atoms with Gasteiger partial charge < -0.3 is 4.74 Å². The van der Waals surface area contributed by atoms with Crippen LogP contribution in [0.2, 0.25) is 0 Å². The molecule has 1 aromatic carbocycles. The van der Waals surface area contributed by atoms with Crippen molar-refractivity contribution in [3.05, 3.63) is 46.8 Å². The Bertz CT molecular complexity index is 1060. The van der Waals surface area contributed by atoms with Crippen molar-refractivity contribution in [1.82, 2.24) is 24.5 Å². The van der Waals surface area contributed by atoms with Crippen LogP contribution in [0, 0.1) is 5.82 Å². The fourth-order valence-corrected chi connectivity index (χ4v) is 2.48. The van der Waals surface area contributed by atoms with Gasteiger partial charge in [0.2, 0.25) is 0 Å². The molecular weight excluding hydrogens is 345 g/mol. The van der Waals surface area contributed by atoms with E-state index in [1.54, 1.807) is 13.0 Å². The molecule has 134 valence electrons. The molecular formula is C16H14FN5O4. The van der Waals surface area contributed by atoms with Gasteiger partial charge in [-0.05, 0) is 32.0 Å². The number of carbonyl (C=O) groups excluding carboxylic acids is 2. The molecule has 0 aliphatic heterocycles. The van der Waals surface area contributed by atoms with E-state index in [0.717, 1.165) is 10.9 Å². The fourth-order valence-electron chi connectivity index (χ4n) is 2.48. The Morgan fingerprint density at radius 1 is 1.35 bits per heavy atom. The number of fused-ring (bicyclic) bond motifs is 1. The molecule has 0 fully saturated rings. The van der Waals surface area contributed by atoms with Crippen LogP contribution in [-0.4, -0.2) is 42.9 Å². The Kier molecular flexibility index (Phi) is 4.57. The second-order valence-electron chi connectivity index (χ2n) is 5.38. The summed E-state index contributed by atoms with van der Waals surface area (Å²) in [5.74, 6) is -1.93. The minimum atomic E-state index is -1.46. The summed E-state index contributed by atoms with van der Waals surface area (Å²) in [4.78, 5) is 40.6. The molecule has 3 aromatic rings. The quantitative estimate of drug-likeness (QED) is 0.490. The van der Waals surface area contributed by atoms with Crippen molar-refractivity contribution in [3.8, 4) is 5.69 Å². The van der Waals surface area contributed by atoms with Gasteiger partial charge in [0.1, 0.15) is 12.1 Å². The molecule has 3 rings (SSSR count). The van der Waals surface area contributed by atoms with Crippen LogP contribution in [0.1, 0.15) is 19.9 Å². The monoisotopic (exact) mass is 359 g/mol. The molecule has 0 saturated carbocycles. The number of ether oxygens (including phenoxy) is 1. The Labute approximate surface area is 146 Å². The number of carbonyl (C=O) groups is 2. The third-order valence-electron chi connectivity index (χ3n) is 3.61. The van der Waals surface area contributed by atoms with E-state index in [1.165, 1.54) is 29.8 Å². The molecule has 0 amide bonds. The maximum absolute atomic E-state index is 13.4. The average Bonchev–Trinajstić information content (AvgIpc) is 3.02. The van der Waals surface area contributed by atoms with E-state index in [1.807, 2.05) is 0 Å². The minimum Gasteiger partial charge on any atom is -0.464 e. The van der Waals surface area contributed by atoms with Gasteiger partial charge >= 0.3 is 5.97 Å². The predicted octanol–water partition coefficient (Wildman–Crippen LogP) is 0.809. The predicted molar refractivity (Wildman–Crippen MR) is 87.2 cm³/mol. The van der Waals surface area contributed by atoms with Gasteiger partial charge in [-0.25, -0.2) is 14.2 Å². The van der Waals surface area contributed by atoms with Gasteiger partial charge in [-0.2, -0.15) is 4.68 Å². The number of aromatic nitrogens is 5. The largest absolute Gasteiger partial charge is 0.464 e. The van der Waals surface area contributed by atoms with Gasteiger partial charge in [-0.15, -0.1) is 5.10 Å². The molecule has 0 radical (unpaired) electrons. The first-order valence-corrected chi connectivity index (χ1v) is 7.69. The lowest BCUT2D eigenvalue weighted by Gasteiger charge is -2.14. The average molecular weight is 359 g/mol. The van der Waals surface area contributed by atoms with Crippen molar-refractivity contribution in [3.63, 3.8) is 0 Å². The smallest absolute Gasteiger partial charge is 0.337 e. The summed E-state index contributed by atoms with van der Waals surface area (Å²) in [5.41, 5.74) is -0.494. The van der Waals surface area contributed by atoms with Crippen molar-refractivity contribution in [2.75, 3.05) is 6.61 Å². The summed E-state index contributed by atoms with van der Waals surface area (Å²) in [6, 6.07) is 4.06. The minimum absolute atomic E-state index is 0.0583. The van der Waals surface area contributed by atoms with Gasteiger partial charge in [-0.1, -0.05) is 11.3 Å². The fraction of sp³-hybridized carbons (Fsp3) is 0.250. The molecule has 2 aromatic heterocycles. The summed E-state index contributed by atoms with van der Waals surface area (Å²) in [6.45, 7) is 2.81. The van der Waals surface area contributed by atoms with Crippen molar-refractivity contribution in [2.24, 2.45) is 0 Å². The van der Waals surface area contributed by atoms with Gasteiger partial charge in [0.05, 0.1) is 12.3 Å². The van der Waals surface area contributed by atoms with Crippen molar-refractivity contribution in [1.29, 1.82) is 0 Å². The molecule has 2 heterocycles. The lowest BCUT2D eigenvalue weighted by Crippen LogP contribution is -2.35. The number of Topliss-reactive ketones (excluding diaryl/α,β-unsaturated/α-hetero) is 1. The van der Waals surface area contributed by atoms with Crippen LogP contribution in [0.25, 0.3) is 16.9 Å². The maximum Gasteiger partial charge on any atom is 0.337 e. The van der Waals surface area contributed by atoms with Crippen LogP contribution in [0.5, 0.6) is 0 Å². The number of hydrogen-bond acceptors (Lipinski definition) is 7. The van der Waals surface area contributed by atoms with Crippen molar-refractivity contribution in [2.45, 2.75) is 19.9 Å². The lowest BCUT2D eigenvalue weighted by molar-refractivity contribution is -0.150. The van der Waals surface area contributed by atoms with Gasteiger partial charge in [0.15, 0.2) is 23.0 Å². The number of rotatable bonds is 5. The number of halogens is 1. The van der Waals surface area contributed by atoms with Crippen molar-refractivity contribution >= 4 is 22.9 Å². The van der Waals surface area contributed by atoms with Gasteiger partial charge in [0.25, 0.3) is 5.56 Å². The Hall–Kier alpha value is -3.43. The molecule has 0 aliphatic carbocycles. The van der Waals surface area contributed by atoms with E-state index in [-0.39, 0.29) is 17.8 Å². The molecule has 1 atom stereocenters. The van der Waals surface area contributed by atoms with E-state index >= 15 is 0 Å². The molecule has 0 unspecified atom stereocenters. The molecule has 0 bridgehead atoms. The second-order valence-corrected chi connectivity index (χ2v) is 5.38. The first-order chi connectivity index (χ1) is 12.4. The van der Waals surface area contributed by atoms with Crippen molar-refractivity contribution < 1.29 is 18.7 Å². The molecule has 0 saturated heterocycles. The highest BCUT2D eigenvalue weighted by atomic mass is 19.1. The molecule has 0 N–H and O–H groups in total. The summed E-state index contributed by atoms with van der Waals surface area (Å²) in [6.07, 6.45) is 1.05. The Balaban J connectivity index is 2.14. The Morgan fingerprint density at radius 3 is 2.77 bits per heavy atom. The van der Waals surface area contributed by atoms with Crippen LogP contribution in [0.3, 0.4) is 0 Å². The third-order valence-corrected chi connectivity index (χ3v) is 3.61. The topological polar surface area (TPSA) is 109 Å². The van der Waals surface area contributed by atoms with Crippen LogP contribution >= 0.6 is 0 Å². The summed E-state index contributed by atoms with van der Waals surface area (Å²) >= 11 is 0. The van der Waals surface area contributed by atoms with E-state index in [9.17, 15) is 18.8 Å². The number of benzene rings is 1. The summed E-state index contributed by atoms with van der Waals surface area (Å²) < 4.78 is 20.3. The highest BCUT2D eigenvalue weighted by Crippen LogP contribution is 2.14. The van der Waals surface area contributed by atoms with E-state index in [2.05, 4.69) is 15.3 Å². The van der Waals surface area contributed by atoms with E-state index in [0.29, 0.717) is 5.69 Å². The first-order valence-electron chi connectivity index (χ1n) is 7.69. The van der Waals surface area contributed by atoms with Crippen LogP contribution in [0.15, 0.2) is 35.4 Å².